The Bertz CT molecular complexity index is 460. The first-order valence-corrected chi connectivity index (χ1v) is 7.56. The van der Waals surface area contributed by atoms with Crippen molar-refractivity contribution in [2.75, 3.05) is 13.7 Å². The molecule has 4 heteroatoms. The predicted octanol–water partition coefficient (Wildman–Crippen LogP) is 3.10. The minimum absolute atomic E-state index is 0.00737. The Kier molecular flexibility index (Phi) is 6.69. The van der Waals surface area contributed by atoms with Crippen LogP contribution in [0.15, 0.2) is 24.3 Å². The molecule has 0 aromatic heterocycles. The number of hydrogen-bond acceptors (Lipinski definition) is 2. The zero-order valence-corrected chi connectivity index (χ0v) is 13.8. The fourth-order valence-electron chi connectivity index (χ4n) is 2.29. The standard InChI is InChI=1S/C17H28N2O2/c1-12(2)10-16(15-9-7-6-8-13(15)3)18-17(21)19(5)14(4)11-20/h6-9,12,14,16,20H,10-11H2,1-5H3,(H,18,21). The van der Waals surface area contributed by atoms with E-state index in [0.717, 1.165) is 12.0 Å². The lowest BCUT2D eigenvalue weighted by Crippen LogP contribution is -2.45. The average molecular weight is 292 g/mol. The van der Waals surface area contributed by atoms with Crippen molar-refractivity contribution in [2.45, 2.75) is 46.2 Å². The van der Waals surface area contributed by atoms with Crippen LogP contribution in [0.3, 0.4) is 0 Å². The third kappa shape index (κ3) is 5.05. The summed E-state index contributed by atoms with van der Waals surface area (Å²) < 4.78 is 0. The van der Waals surface area contributed by atoms with Crippen LogP contribution in [0.1, 0.15) is 44.4 Å². The van der Waals surface area contributed by atoms with Gasteiger partial charge in [-0.15, -0.1) is 0 Å². The molecule has 2 amide bonds. The molecule has 0 heterocycles. The first-order chi connectivity index (χ1) is 9.86. The largest absolute Gasteiger partial charge is 0.394 e. The molecule has 118 valence electrons. The molecule has 0 radical (unpaired) electrons. The Balaban J connectivity index is 2.89. The van der Waals surface area contributed by atoms with Crippen molar-refractivity contribution in [3.8, 4) is 0 Å². The Hall–Kier alpha value is -1.55. The second-order valence-corrected chi connectivity index (χ2v) is 6.13. The van der Waals surface area contributed by atoms with Crippen LogP contribution in [0.25, 0.3) is 0 Å². The van der Waals surface area contributed by atoms with Gasteiger partial charge in [-0.2, -0.15) is 0 Å². The van der Waals surface area contributed by atoms with Crippen molar-refractivity contribution in [1.29, 1.82) is 0 Å². The van der Waals surface area contributed by atoms with E-state index in [1.54, 1.807) is 11.9 Å². The van der Waals surface area contributed by atoms with Gasteiger partial charge in [-0.1, -0.05) is 38.1 Å². The highest BCUT2D eigenvalue weighted by molar-refractivity contribution is 5.74. The Morgan fingerprint density at radius 1 is 1.29 bits per heavy atom. The van der Waals surface area contributed by atoms with Gasteiger partial charge in [0.05, 0.1) is 18.7 Å². The van der Waals surface area contributed by atoms with Crippen LogP contribution in [0.5, 0.6) is 0 Å². The van der Waals surface area contributed by atoms with Gasteiger partial charge in [0.25, 0.3) is 0 Å². The molecule has 0 bridgehead atoms. The highest BCUT2D eigenvalue weighted by atomic mass is 16.3. The number of hydrogen-bond donors (Lipinski definition) is 2. The number of urea groups is 1. The van der Waals surface area contributed by atoms with Crippen molar-refractivity contribution < 1.29 is 9.90 Å². The Labute approximate surface area is 128 Å². The molecule has 2 N–H and O–H groups in total. The van der Waals surface area contributed by atoms with E-state index in [4.69, 9.17) is 0 Å². The molecule has 0 aliphatic heterocycles. The van der Waals surface area contributed by atoms with Crippen LogP contribution in [-0.2, 0) is 0 Å². The van der Waals surface area contributed by atoms with Gasteiger partial charge in [0.2, 0.25) is 0 Å². The van der Waals surface area contributed by atoms with Gasteiger partial charge in [-0.25, -0.2) is 4.79 Å². The molecule has 0 aliphatic rings. The number of aliphatic hydroxyl groups is 1. The zero-order valence-electron chi connectivity index (χ0n) is 13.8. The third-order valence-corrected chi connectivity index (χ3v) is 3.81. The fraction of sp³-hybridized carbons (Fsp3) is 0.588. The number of aliphatic hydroxyl groups excluding tert-OH is 1. The highest BCUT2D eigenvalue weighted by Gasteiger charge is 2.21. The van der Waals surface area contributed by atoms with Crippen LogP contribution in [0, 0.1) is 12.8 Å². The van der Waals surface area contributed by atoms with Crippen LogP contribution in [0.4, 0.5) is 4.79 Å². The summed E-state index contributed by atoms with van der Waals surface area (Å²) in [6, 6.07) is 7.79. The molecule has 0 saturated heterocycles. The number of nitrogens with one attached hydrogen (secondary N) is 1. The molecule has 0 fully saturated rings. The Morgan fingerprint density at radius 2 is 1.90 bits per heavy atom. The monoisotopic (exact) mass is 292 g/mol. The summed E-state index contributed by atoms with van der Waals surface area (Å²) in [5, 5.41) is 12.3. The van der Waals surface area contributed by atoms with Crippen LogP contribution < -0.4 is 5.32 Å². The summed E-state index contributed by atoms with van der Waals surface area (Å²) in [5.74, 6) is 0.482. The number of benzene rings is 1. The van der Waals surface area contributed by atoms with E-state index in [1.165, 1.54) is 5.56 Å². The summed E-state index contributed by atoms with van der Waals surface area (Å²) in [6.07, 6.45) is 0.887. The number of nitrogens with zero attached hydrogens (tertiary/aromatic N) is 1. The quantitative estimate of drug-likeness (QED) is 0.846. The van der Waals surface area contributed by atoms with E-state index >= 15 is 0 Å². The number of carbonyl (C=O) groups excluding carboxylic acids is 1. The maximum atomic E-state index is 12.3. The highest BCUT2D eigenvalue weighted by Crippen LogP contribution is 2.24. The lowest BCUT2D eigenvalue weighted by atomic mass is 9.94. The predicted molar refractivity (Wildman–Crippen MR) is 86.2 cm³/mol. The number of rotatable bonds is 6. The SMILES string of the molecule is Cc1ccccc1C(CC(C)C)NC(=O)N(C)C(C)CO. The van der Waals surface area contributed by atoms with Gasteiger partial charge in [-0.05, 0) is 37.3 Å². The van der Waals surface area contributed by atoms with E-state index in [9.17, 15) is 9.90 Å². The summed E-state index contributed by atoms with van der Waals surface area (Å²) in [6.45, 7) is 8.15. The molecular formula is C17H28N2O2. The topological polar surface area (TPSA) is 52.6 Å². The lowest BCUT2D eigenvalue weighted by Gasteiger charge is -2.28. The van der Waals surface area contributed by atoms with Crippen LogP contribution >= 0.6 is 0 Å². The number of aryl methyl sites for hydroxylation is 1. The van der Waals surface area contributed by atoms with E-state index in [0.29, 0.717) is 5.92 Å². The smallest absolute Gasteiger partial charge is 0.317 e. The van der Waals surface area contributed by atoms with Gasteiger partial charge < -0.3 is 15.3 Å². The molecule has 0 spiro atoms. The normalized spacial score (nSPS) is 13.9. The molecule has 4 nitrogen and oxygen atoms in total. The summed E-state index contributed by atoms with van der Waals surface area (Å²) in [5.41, 5.74) is 2.34. The third-order valence-electron chi connectivity index (χ3n) is 3.81. The van der Waals surface area contributed by atoms with E-state index in [-0.39, 0.29) is 24.7 Å². The van der Waals surface area contributed by atoms with E-state index < -0.39 is 0 Å². The second kappa shape index (κ2) is 8.03. The van der Waals surface area contributed by atoms with Crippen molar-refractivity contribution in [3.05, 3.63) is 35.4 Å². The number of amides is 2. The van der Waals surface area contributed by atoms with Crippen LogP contribution in [0.2, 0.25) is 0 Å². The van der Waals surface area contributed by atoms with E-state index in [1.807, 2.05) is 19.1 Å². The molecule has 0 saturated carbocycles. The molecule has 0 aliphatic carbocycles. The van der Waals surface area contributed by atoms with Crippen LogP contribution in [-0.4, -0.2) is 35.7 Å². The van der Waals surface area contributed by atoms with Gasteiger partial charge in [0, 0.05) is 7.05 Å². The first kappa shape index (κ1) is 17.5. The average Bonchev–Trinajstić information content (AvgIpc) is 2.44. The maximum absolute atomic E-state index is 12.3. The minimum atomic E-state index is -0.193. The second-order valence-electron chi connectivity index (χ2n) is 6.13. The molecule has 1 aromatic carbocycles. The minimum Gasteiger partial charge on any atom is -0.394 e. The van der Waals surface area contributed by atoms with E-state index in [2.05, 4.69) is 38.2 Å². The summed E-state index contributed by atoms with van der Waals surface area (Å²) in [7, 11) is 1.71. The molecular weight excluding hydrogens is 264 g/mol. The molecule has 1 aromatic rings. The maximum Gasteiger partial charge on any atom is 0.317 e. The van der Waals surface area contributed by atoms with Crippen molar-refractivity contribution in [1.82, 2.24) is 10.2 Å². The first-order valence-electron chi connectivity index (χ1n) is 7.56. The number of likely N-dealkylation sites (N-methyl/N-ethyl adjacent to an activating group) is 1. The van der Waals surface area contributed by atoms with Crippen molar-refractivity contribution in [2.24, 2.45) is 5.92 Å². The fourth-order valence-corrected chi connectivity index (χ4v) is 2.29. The van der Waals surface area contributed by atoms with Gasteiger partial charge >= 0.3 is 6.03 Å². The Morgan fingerprint density at radius 3 is 2.43 bits per heavy atom. The molecule has 2 atom stereocenters. The molecule has 2 unspecified atom stereocenters. The zero-order chi connectivity index (χ0) is 16.0. The number of carbonyl (C=O) groups is 1. The van der Waals surface area contributed by atoms with Gasteiger partial charge in [-0.3, -0.25) is 0 Å². The molecule has 21 heavy (non-hydrogen) atoms. The van der Waals surface area contributed by atoms with Gasteiger partial charge in [0.1, 0.15) is 0 Å². The summed E-state index contributed by atoms with van der Waals surface area (Å²) >= 11 is 0. The van der Waals surface area contributed by atoms with Gasteiger partial charge in [0.15, 0.2) is 0 Å². The lowest BCUT2D eigenvalue weighted by molar-refractivity contribution is 0.154. The van der Waals surface area contributed by atoms with Crippen molar-refractivity contribution in [3.63, 3.8) is 0 Å². The van der Waals surface area contributed by atoms with Crippen molar-refractivity contribution >= 4 is 6.03 Å². The molecule has 1 rings (SSSR count). The summed E-state index contributed by atoms with van der Waals surface area (Å²) in [4.78, 5) is 13.9.